The van der Waals surface area contributed by atoms with E-state index in [2.05, 4.69) is 75.6 Å². The number of likely N-dealkylation sites (tertiary alicyclic amines) is 1. The number of para-hydroxylation sites is 2. The summed E-state index contributed by atoms with van der Waals surface area (Å²) >= 11 is 0. The van der Waals surface area contributed by atoms with Crippen molar-refractivity contribution in [2.24, 2.45) is 5.92 Å². The third-order valence-electron chi connectivity index (χ3n) is 10.1. The fourth-order valence-corrected chi connectivity index (χ4v) is 7.14. The molecule has 2 aliphatic heterocycles. The van der Waals surface area contributed by atoms with Crippen molar-refractivity contribution in [3.8, 4) is 11.1 Å². The number of carbonyl (C=O) groups excluding carboxylic acids is 1. The molecule has 0 saturated carbocycles. The first-order valence-corrected chi connectivity index (χ1v) is 18.0. The second kappa shape index (κ2) is 16.0. The quantitative estimate of drug-likeness (QED) is 0.165. The van der Waals surface area contributed by atoms with Crippen molar-refractivity contribution in [2.75, 3.05) is 19.6 Å². The lowest BCUT2D eigenvalue weighted by Crippen LogP contribution is -2.45. The van der Waals surface area contributed by atoms with E-state index in [1.807, 2.05) is 48.5 Å². The van der Waals surface area contributed by atoms with Gasteiger partial charge in [-0.15, -0.1) is 0 Å². The summed E-state index contributed by atoms with van der Waals surface area (Å²) in [6.45, 7) is 5.71. The normalized spacial score (nSPS) is 21.7. The molecule has 0 aliphatic carbocycles. The van der Waals surface area contributed by atoms with E-state index in [1.54, 1.807) is 0 Å². The summed E-state index contributed by atoms with van der Waals surface area (Å²) in [5, 5.41) is 12.6. The molecule has 4 unspecified atom stereocenters. The van der Waals surface area contributed by atoms with Gasteiger partial charge < -0.3 is 24.8 Å². The average Bonchev–Trinajstić information content (AvgIpc) is 3.15. The van der Waals surface area contributed by atoms with Crippen LogP contribution in [0.3, 0.4) is 0 Å². The SMILES string of the molecule is CC1C(CN2CCCCCCC2)OC(c2cccc(-c3cccc(CNC(=O)c4cnc5ccccc5n4)c3)c2)OC1c1ccc(CO)cc1. The van der Waals surface area contributed by atoms with Gasteiger partial charge >= 0.3 is 0 Å². The third kappa shape index (κ3) is 8.11. The molecule has 4 aromatic carbocycles. The minimum atomic E-state index is -0.529. The maximum atomic E-state index is 12.9. The average molecular weight is 671 g/mol. The first-order chi connectivity index (χ1) is 24.5. The number of carbonyl (C=O) groups is 1. The van der Waals surface area contributed by atoms with Crippen LogP contribution in [0.4, 0.5) is 0 Å². The molecule has 2 aliphatic rings. The predicted octanol–water partition coefficient (Wildman–Crippen LogP) is 7.78. The number of nitrogens with one attached hydrogen (secondary N) is 1. The molecule has 8 nitrogen and oxygen atoms in total. The molecule has 0 spiro atoms. The molecule has 3 heterocycles. The highest BCUT2D eigenvalue weighted by Gasteiger charge is 2.39. The highest BCUT2D eigenvalue weighted by Crippen LogP contribution is 2.42. The smallest absolute Gasteiger partial charge is 0.271 e. The van der Waals surface area contributed by atoms with Crippen LogP contribution in [0.15, 0.2) is 103 Å². The van der Waals surface area contributed by atoms with Crippen LogP contribution in [-0.4, -0.2) is 51.6 Å². The Morgan fingerprint density at radius 3 is 2.30 bits per heavy atom. The molecule has 4 atom stereocenters. The number of aromatic nitrogens is 2. The molecule has 8 heteroatoms. The van der Waals surface area contributed by atoms with Crippen LogP contribution in [0, 0.1) is 5.92 Å². The summed E-state index contributed by atoms with van der Waals surface area (Å²) in [5.74, 6) is -0.116. The molecule has 258 valence electrons. The number of fused-ring (bicyclic) bond motifs is 1. The lowest BCUT2D eigenvalue weighted by Gasteiger charge is -2.43. The Balaban J connectivity index is 1.09. The molecule has 1 aromatic heterocycles. The molecule has 5 aromatic rings. The van der Waals surface area contributed by atoms with E-state index >= 15 is 0 Å². The minimum Gasteiger partial charge on any atom is -0.392 e. The lowest BCUT2D eigenvalue weighted by atomic mass is 9.89. The van der Waals surface area contributed by atoms with Gasteiger partial charge in [0.05, 0.1) is 36.0 Å². The standard InChI is InChI=1S/C42H46N4O4/c1-29-39(27-46-21-7-3-2-4-8-22-46)49-42(50-40(29)32-19-17-30(28-47)18-20-32)35-14-10-13-34(24-35)33-12-9-11-31(23-33)25-44-41(48)38-26-43-36-15-5-6-16-37(36)45-38/h5-6,9-20,23-24,26,29,39-40,42,47H,2-4,7-8,21-22,25,27-28H2,1H3,(H,44,48). The highest BCUT2D eigenvalue weighted by molar-refractivity contribution is 5.93. The number of hydrogen-bond donors (Lipinski definition) is 2. The Kier molecular flexibility index (Phi) is 10.9. The van der Waals surface area contributed by atoms with E-state index in [0.717, 1.165) is 58.5 Å². The van der Waals surface area contributed by atoms with E-state index < -0.39 is 6.29 Å². The van der Waals surface area contributed by atoms with Gasteiger partial charge in [-0.05, 0) is 78.0 Å². The number of aliphatic hydroxyl groups is 1. The van der Waals surface area contributed by atoms with Crippen molar-refractivity contribution < 1.29 is 19.4 Å². The summed E-state index contributed by atoms with van der Waals surface area (Å²) in [6.07, 6.45) is 7.22. The number of benzene rings is 4. The van der Waals surface area contributed by atoms with Crippen molar-refractivity contribution in [2.45, 2.75) is 70.7 Å². The molecule has 2 N–H and O–H groups in total. The van der Waals surface area contributed by atoms with Crippen LogP contribution in [0.25, 0.3) is 22.2 Å². The van der Waals surface area contributed by atoms with Crippen LogP contribution in [-0.2, 0) is 22.6 Å². The van der Waals surface area contributed by atoms with Crippen LogP contribution < -0.4 is 5.32 Å². The Hall–Kier alpha value is -4.47. The van der Waals surface area contributed by atoms with E-state index in [-0.39, 0.29) is 30.6 Å². The number of aliphatic hydroxyl groups excluding tert-OH is 1. The second-order valence-electron chi connectivity index (χ2n) is 13.6. The molecular weight excluding hydrogens is 624 g/mol. The number of rotatable bonds is 9. The van der Waals surface area contributed by atoms with Crippen molar-refractivity contribution >= 4 is 16.9 Å². The zero-order valence-corrected chi connectivity index (χ0v) is 28.7. The Morgan fingerprint density at radius 1 is 0.800 bits per heavy atom. The molecule has 7 rings (SSSR count). The lowest BCUT2D eigenvalue weighted by molar-refractivity contribution is -0.276. The molecule has 0 bridgehead atoms. The first kappa shape index (κ1) is 34.0. The van der Waals surface area contributed by atoms with Crippen LogP contribution >= 0.6 is 0 Å². The van der Waals surface area contributed by atoms with Gasteiger partial charge in [0.25, 0.3) is 5.91 Å². The summed E-state index contributed by atoms with van der Waals surface area (Å²) < 4.78 is 13.6. The molecular formula is C42H46N4O4. The van der Waals surface area contributed by atoms with Gasteiger partial charge in [-0.2, -0.15) is 0 Å². The number of ether oxygens (including phenoxy) is 2. The van der Waals surface area contributed by atoms with Crippen molar-refractivity contribution in [1.29, 1.82) is 0 Å². The van der Waals surface area contributed by atoms with Crippen molar-refractivity contribution in [1.82, 2.24) is 20.2 Å². The first-order valence-electron chi connectivity index (χ1n) is 18.0. The number of nitrogens with zero attached hydrogens (tertiary/aromatic N) is 3. The number of hydrogen-bond acceptors (Lipinski definition) is 7. The van der Waals surface area contributed by atoms with Crippen LogP contribution in [0.1, 0.15) is 84.2 Å². The van der Waals surface area contributed by atoms with E-state index in [9.17, 15) is 9.90 Å². The zero-order valence-electron chi connectivity index (χ0n) is 28.7. The van der Waals surface area contributed by atoms with Gasteiger partial charge in [0.1, 0.15) is 5.69 Å². The second-order valence-corrected chi connectivity index (χ2v) is 13.6. The molecule has 2 saturated heterocycles. The van der Waals surface area contributed by atoms with Gasteiger partial charge in [0.15, 0.2) is 6.29 Å². The van der Waals surface area contributed by atoms with Gasteiger partial charge in [-0.3, -0.25) is 9.78 Å². The summed E-state index contributed by atoms with van der Waals surface area (Å²) in [5.41, 5.74) is 7.77. The third-order valence-corrected chi connectivity index (χ3v) is 10.1. The fraction of sp³-hybridized carbons (Fsp3) is 0.357. The maximum absolute atomic E-state index is 12.9. The van der Waals surface area contributed by atoms with Gasteiger partial charge in [-0.1, -0.05) is 99.0 Å². The highest BCUT2D eigenvalue weighted by atomic mass is 16.7. The Bertz CT molecular complexity index is 1890. The summed E-state index contributed by atoms with van der Waals surface area (Å²) in [7, 11) is 0. The zero-order chi connectivity index (χ0) is 34.3. The molecule has 2 fully saturated rings. The largest absolute Gasteiger partial charge is 0.392 e. The number of amides is 1. The topological polar surface area (TPSA) is 96.8 Å². The monoisotopic (exact) mass is 670 g/mol. The summed E-state index contributed by atoms with van der Waals surface area (Å²) in [6, 6.07) is 32.2. The Labute approximate surface area is 294 Å². The van der Waals surface area contributed by atoms with E-state index in [0.29, 0.717) is 17.8 Å². The van der Waals surface area contributed by atoms with Crippen LogP contribution in [0.2, 0.25) is 0 Å². The van der Waals surface area contributed by atoms with Crippen molar-refractivity contribution in [3.63, 3.8) is 0 Å². The molecule has 0 radical (unpaired) electrons. The molecule has 50 heavy (non-hydrogen) atoms. The van der Waals surface area contributed by atoms with Gasteiger partial charge in [0.2, 0.25) is 0 Å². The van der Waals surface area contributed by atoms with E-state index in [4.69, 9.17) is 9.47 Å². The predicted molar refractivity (Wildman–Crippen MR) is 195 cm³/mol. The summed E-state index contributed by atoms with van der Waals surface area (Å²) in [4.78, 5) is 24.4. The fourth-order valence-electron chi connectivity index (χ4n) is 7.14. The van der Waals surface area contributed by atoms with Crippen molar-refractivity contribution in [3.05, 3.63) is 131 Å². The molecule has 1 amide bonds. The van der Waals surface area contributed by atoms with Gasteiger partial charge in [0, 0.05) is 24.6 Å². The van der Waals surface area contributed by atoms with E-state index in [1.165, 1.54) is 38.3 Å². The minimum absolute atomic E-state index is 0.00131. The maximum Gasteiger partial charge on any atom is 0.271 e. The van der Waals surface area contributed by atoms with Crippen LogP contribution in [0.5, 0.6) is 0 Å². The Morgan fingerprint density at radius 2 is 1.52 bits per heavy atom. The van der Waals surface area contributed by atoms with Gasteiger partial charge in [-0.25, -0.2) is 4.98 Å².